The van der Waals surface area contributed by atoms with Crippen molar-refractivity contribution in [3.63, 3.8) is 0 Å². The molecule has 11 aromatic rings. The second-order valence-corrected chi connectivity index (χ2v) is 14.9. The topological polar surface area (TPSA) is 176 Å². The van der Waals surface area contributed by atoms with Crippen molar-refractivity contribution in [3.05, 3.63) is 236 Å². The van der Waals surface area contributed by atoms with Crippen molar-refractivity contribution in [2.75, 3.05) is 0 Å². The minimum atomic E-state index is -0.995. The van der Waals surface area contributed by atoms with Gasteiger partial charge in [-0.3, -0.25) is 0 Å². The molecule has 3 radical (unpaired) electrons. The number of carbonyl (C=O) groups is 3. The first-order valence-electron chi connectivity index (χ1n) is 20.2. The molecule has 0 amide bonds. The van der Waals surface area contributed by atoms with E-state index in [-0.39, 0.29) is 77.4 Å². The maximum atomic E-state index is 10.8. The summed E-state index contributed by atoms with van der Waals surface area (Å²) in [5, 5.41) is 30.8. The standard InChI is InChI=1S/C13H8NS.C11H8N.3C10H7NO2.3Ir/c1-2-7-12-10(5-1)9-13(15-12)11-6-3-4-8-14-11;1-2-6-10(7-3-1)11-8-4-5-9-12-11;12-10(13)9-8-4-2-1-3-7(8)5-6-11-9;2*12-10(13)9-6-5-7-3-1-2-4-8(7)11-9;;;/h1-8H;1-6,8-9H;3*1-6H,(H,12,13);;;/q2*-1;;;;;;. The van der Waals surface area contributed by atoms with Crippen molar-refractivity contribution in [1.29, 1.82) is 0 Å². The first-order chi connectivity index (χ1) is 32.2. The van der Waals surface area contributed by atoms with Gasteiger partial charge in [0.05, 0.1) is 11.0 Å². The summed E-state index contributed by atoms with van der Waals surface area (Å²) in [4.78, 5) is 53.3. The molecule has 0 aliphatic carbocycles. The predicted molar refractivity (Wildman–Crippen MR) is 259 cm³/mol. The first-order valence-corrected chi connectivity index (χ1v) is 21.0. The van der Waals surface area contributed by atoms with Gasteiger partial charge in [-0.1, -0.05) is 109 Å². The Morgan fingerprint density at radius 2 is 0.971 bits per heavy atom. The van der Waals surface area contributed by atoms with Crippen LogP contribution in [0.3, 0.4) is 0 Å². The van der Waals surface area contributed by atoms with Crippen molar-refractivity contribution in [2.45, 2.75) is 0 Å². The van der Waals surface area contributed by atoms with Gasteiger partial charge in [0.15, 0.2) is 5.69 Å². The number of nitrogens with zero attached hydrogens (tertiary/aromatic N) is 5. The average Bonchev–Trinajstić information content (AvgIpc) is 3.82. The van der Waals surface area contributed by atoms with Crippen molar-refractivity contribution in [3.8, 4) is 21.8 Å². The van der Waals surface area contributed by atoms with E-state index in [0.717, 1.165) is 38.0 Å². The Hall–Kier alpha value is -7.05. The van der Waals surface area contributed by atoms with E-state index in [9.17, 15) is 14.4 Å². The van der Waals surface area contributed by atoms with Gasteiger partial charge in [-0.15, -0.1) is 59.5 Å². The van der Waals surface area contributed by atoms with E-state index in [0.29, 0.717) is 16.4 Å². The van der Waals surface area contributed by atoms with E-state index in [2.05, 4.69) is 55.3 Å². The molecule has 11 nitrogen and oxygen atoms in total. The van der Waals surface area contributed by atoms with Crippen LogP contribution in [0.4, 0.5) is 0 Å². The molecule has 0 fully saturated rings. The van der Waals surface area contributed by atoms with Crippen molar-refractivity contribution in [1.82, 2.24) is 24.9 Å². The number of fused-ring (bicyclic) bond motifs is 4. The number of carboxylic acids is 3. The van der Waals surface area contributed by atoms with Gasteiger partial charge in [-0.2, -0.15) is 0 Å². The third-order valence-corrected chi connectivity index (χ3v) is 10.5. The fraction of sp³-hybridized carbons (Fsp3) is 0. The van der Waals surface area contributed by atoms with E-state index in [1.807, 2.05) is 121 Å². The molecule has 0 saturated carbocycles. The minimum Gasteiger partial charge on any atom is -0.477 e. The molecular formula is C54H37Ir3N5O6S-2. The Kier molecular flexibility index (Phi) is 21.9. The first kappa shape index (κ1) is 54.6. The van der Waals surface area contributed by atoms with Crippen molar-refractivity contribution >= 4 is 71.9 Å². The maximum Gasteiger partial charge on any atom is 0.355 e. The van der Waals surface area contributed by atoms with E-state index >= 15 is 0 Å². The fourth-order valence-corrected chi connectivity index (χ4v) is 7.25. The van der Waals surface area contributed by atoms with Gasteiger partial charge in [0, 0.05) is 101 Å². The number of pyridine rings is 5. The molecule has 349 valence electrons. The van der Waals surface area contributed by atoms with Crippen LogP contribution in [0.2, 0.25) is 0 Å². The quantitative estimate of drug-likeness (QED) is 0.140. The second kappa shape index (κ2) is 27.7. The van der Waals surface area contributed by atoms with Gasteiger partial charge in [-0.05, 0) is 63.1 Å². The largest absolute Gasteiger partial charge is 0.477 e. The molecule has 6 heterocycles. The molecule has 0 saturated heterocycles. The van der Waals surface area contributed by atoms with Crippen LogP contribution < -0.4 is 0 Å². The van der Waals surface area contributed by atoms with Crippen LogP contribution in [-0.4, -0.2) is 58.1 Å². The molecule has 69 heavy (non-hydrogen) atoms. The number of carboxylic acid groups (broad SMARTS) is 3. The molecule has 0 atom stereocenters. The number of thiophene rings is 1. The SMILES string of the molecule is O=C(O)c1ccc2ccccc2n1.O=C(O)c1ccc2ccccc2n1.O=C(O)c1nccc2ccccc12.[Ir].[Ir].[Ir].[c-]1c(-c2ccccn2)sc2ccccc12.[c-]1ccccc1-c1ccccn1. The number of benzene rings is 5. The van der Waals surface area contributed by atoms with E-state index in [1.165, 1.54) is 28.4 Å². The Morgan fingerprint density at radius 3 is 1.51 bits per heavy atom. The molecule has 0 aliphatic heterocycles. The smallest absolute Gasteiger partial charge is 0.355 e. The number of aromatic nitrogens is 5. The van der Waals surface area contributed by atoms with Gasteiger partial charge in [0.25, 0.3) is 0 Å². The Balaban J connectivity index is 0.000000186. The molecular weight excluding hydrogens is 1420 g/mol. The zero-order valence-corrected chi connectivity index (χ0v) is 43.8. The van der Waals surface area contributed by atoms with Crippen LogP contribution >= 0.6 is 11.3 Å². The van der Waals surface area contributed by atoms with Gasteiger partial charge in [0.1, 0.15) is 11.4 Å². The molecule has 3 N–H and O–H groups in total. The summed E-state index contributed by atoms with van der Waals surface area (Å²) < 4.78 is 1.26. The summed E-state index contributed by atoms with van der Waals surface area (Å²) in [7, 11) is 0. The van der Waals surface area contributed by atoms with E-state index < -0.39 is 17.9 Å². The summed E-state index contributed by atoms with van der Waals surface area (Å²) in [6, 6.07) is 64.9. The molecule has 11 rings (SSSR count). The maximum absolute atomic E-state index is 10.8. The zero-order chi connectivity index (χ0) is 46.1. The van der Waals surface area contributed by atoms with Crippen molar-refractivity contribution in [2.24, 2.45) is 0 Å². The number of aromatic carboxylic acids is 3. The van der Waals surface area contributed by atoms with Crippen molar-refractivity contribution < 1.29 is 90.0 Å². The zero-order valence-electron chi connectivity index (χ0n) is 35.8. The van der Waals surface area contributed by atoms with Crippen LogP contribution in [0.15, 0.2) is 207 Å². The van der Waals surface area contributed by atoms with E-state index in [1.54, 1.807) is 60.0 Å². The molecule has 6 aromatic heterocycles. The van der Waals surface area contributed by atoms with Crippen LogP contribution in [0.5, 0.6) is 0 Å². The number of rotatable bonds is 5. The third-order valence-electron chi connectivity index (χ3n) is 9.41. The average molecular weight is 1460 g/mol. The fourth-order valence-electron chi connectivity index (χ4n) is 6.27. The van der Waals surface area contributed by atoms with E-state index in [4.69, 9.17) is 15.3 Å². The van der Waals surface area contributed by atoms with Crippen LogP contribution in [0.1, 0.15) is 31.5 Å². The van der Waals surface area contributed by atoms with Gasteiger partial charge < -0.3 is 25.3 Å². The molecule has 15 heteroatoms. The number of hydrogen-bond donors (Lipinski definition) is 3. The number of hydrogen-bond acceptors (Lipinski definition) is 9. The summed E-state index contributed by atoms with van der Waals surface area (Å²) in [6.07, 6.45) is 5.11. The third kappa shape index (κ3) is 15.5. The Labute approximate surface area is 441 Å². The second-order valence-electron chi connectivity index (χ2n) is 13.8. The summed E-state index contributed by atoms with van der Waals surface area (Å²) >= 11 is 1.73. The molecule has 0 aliphatic rings. The molecule has 0 unspecified atom stereocenters. The molecule has 0 bridgehead atoms. The van der Waals surface area contributed by atoms with Crippen LogP contribution in [0, 0.1) is 12.1 Å². The summed E-state index contributed by atoms with van der Waals surface area (Å²) in [5.74, 6) is -2.98. The monoisotopic (exact) mass is 1460 g/mol. The van der Waals surface area contributed by atoms with Crippen LogP contribution in [0.25, 0.3) is 64.5 Å². The normalized spacial score (nSPS) is 9.74. The van der Waals surface area contributed by atoms with Gasteiger partial charge in [-0.25, -0.2) is 40.7 Å². The number of para-hydroxylation sites is 2. The predicted octanol–water partition coefficient (Wildman–Crippen LogP) is 12.1. The van der Waals surface area contributed by atoms with Gasteiger partial charge in [0.2, 0.25) is 0 Å². The van der Waals surface area contributed by atoms with Gasteiger partial charge >= 0.3 is 17.9 Å². The molecule has 0 spiro atoms. The Bertz CT molecular complexity index is 3220. The van der Waals surface area contributed by atoms with Crippen LogP contribution in [-0.2, 0) is 60.3 Å². The summed E-state index contributed by atoms with van der Waals surface area (Å²) in [5.41, 5.74) is 4.70. The molecule has 5 aromatic carbocycles. The Morgan fingerprint density at radius 1 is 0.449 bits per heavy atom. The minimum absolute atomic E-state index is 0. The summed E-state index contributed by atoms with van der Waals surface area (Å²) in [6.45, 7) is 0.